The molecule has 46 heavy (non-hydrogen) atoms. The Hall–Kier alpha value is -3.33. The van der Waals surface area contributed by atoms with Gasteiger partial charge in [0.05, 0.1) is 0 Å². The molecule has 0 radical (unpaired) electrons. The SMILES string of the molecule is Cc1cc(C)c(P(CCCCB(c2c(F)c(F)c(F)c(F)c2F)c2c(F)c(F)c(F)c(F)c2F)c2c(C)cc(C)cc2C)c(C)c1. The Morgan fingerprint density at radius 3 is 1.02 bits per heavy atom. The molecule has 0 atom stereocenters. The van der Waals surface area contributed by atoms with Gasteiger partial charge in [-0.15, -0.1) is 0 Å². The highest BCUT2D eigenvalue weighted by Gasteiger charge is 2.39. The summed E-state index contributed by atoms with van der Waals surface area (Å²) in [5, 5.41) is 2.18. The van der Waals surface area contributed by atoms with E-state index in [1.165, 1.54) is 0 Å². The lowest BCUT2D eigenvalue weighted by Crippen LogP contribution is -2.50. The van der Waals surface area contributed by atoms with Gasteiger partial charge in [0, 0.05) is 10.9 Å². The van der Waals surface area contributed by atoms with E-state index >= 15 is 0 Å². The Bertz CT molecular complexity index is 1610. The molecule has 0 N–H and O–H groups in total. The van der Waals surface area contributed by atoms with Crippen LogP contribution in [0, 0.1) is 99.7 Å². The molecule has 4 rings (SSSR count). The van der Waals surface area contributed by atoms with Crippen LogP contribution < -0.4 is 21.5 Å². The molecule has 244 valence electrons. The first-order chi connectivity index (χ1) is 21.5. The molecule has 0 heterocycles. The van der Waals surface area contributed by atoms with Crippen molar-refractivity contribution in [3.05, 3.63) is 116 Å². The van der Waals surface area contributed by atoms with E-state index in [1.807, 2.05) is 65.8 Å². The van der Waals surface area contributed by atoms with E-state index in [1.54, 1.807) is 0 Å². The Labute approximate surface area is 262 Å². The van der Waals surface area contributed by atoms with E-state index in [2.05, 4.69) is 0 Å². The van der Waals surface area contributed by atoms with Gasteiger partial charge in [-0.25, -0.2) is 43.9 Å². The Kier molecular flexibility index (Phi) is 10.7. The molecule has 0 aromatic heterocycles. The smallest absolute Gasteiger partial charge is 0.204 e. The monoisotopic (exact) mass is 670 g/mol. The molecule has 0 bridgehead atoms. The molecular weight excluding hydrogens is 640 g/mol. The van der Waals surface area contributed by atoms with Crippen molar-refractivity contribution in [2.45, 2.75) is 60.7 Å². The standard InChI is InChI=1S/C34H30BF10P/c1-15-11-17(3)33(18(4)12-15)46(34-19(5)13-16(2)14-20(34)6)10-8-7-9-35(21-23(36)27(40)31(44)28(41)24(21)37)22-25(38)29(42)32(45)30(43)26(22)39/h11-14H,7-10H2,1-6H3. The predicted molar refractivity (Wildman–Crippen MR) is 164 cm³/mol. The van der Waals surface area contributed by atoms with Gasteiger partial charge in [-0.05, 0) is 94.9 Å². The van der Waals surface area contributed by atoms with Crippen molar-refractivity contribution in [1.82, 2.24) is 0 Å². The molecule has 0 spiro atoms. The van der Waals surface area contributed by atoms with Crippen molar-refractivity contribution in [2.75, 3.05) is 6.16 Å². The topological polar surface area (TPSA) is 0 Å². The summed E-state index contributed by atoms with van der Waals surface area (Å²) in [4.78, 5) is 0. The van der Waals surface area contributed by atoms with Gasteiger partial charge in [-0.1, -0.05) is 48.1 Å². The van der Waals surface area contributed by atoms with Gasteiger partial charge in [0.15, 0.2) is 58.2 Å². The van der Waals surface area contributed by atoms with E-state index < -0.39 is 90.1 Å². The van der Waals surface area contributed by atoms with Crippen molar-refractivity contribution < 1.29 is 43.9 Å². The Morgan fingerprint density at radius 1 is 0.435 bits per heavy atom. The van der Waals surface area contributed by atoms with E-state index in [9.17, 15) is 43.9 Å². The quantitative estimate of drug-likeness (QED) is 0.0419. The average Bonchev–Trinajstić information content (AvgIpc) is 2.97. The summed E-state index contributed by atoms with van der Waals surface area (Å²) < 4.78 is 145. The van der Waals surface area contributed by atoms with Gasteiger partial charge < -0.3 is 0 Å². The number of hydrogen-bond acceptors (Lipinski definition) is 0. The van der Waals surface area contributed by atoms with E-state index in [0.29, 0.717) is 6.16 Å². The van der Waals surface area contributed by atoms with Crippen molar-refractivity contribution in [3.8, 4) is 0 Å². The maximum Gasteiger partial charge on any atom is 0.225 e. The molecule has 0 unspecified atom stereocenters. The minimum atomic E-state index is -2.52. The van der Waals surface area contributed by atoms with Crippen molar-refractivity contribution >= 4 is 36.2 Å². The second kappa shape index (κ2) is 13.8. The molecule has 0 nitrogen and oxygen atoms in total. The van der Waals surface area contributed by atoms with Crippen LogP contribution in [0.4, 0.5) is 43.9 Å². The number of benzene rings is 4. The second-order valence-electron chi connectivity index (χ2n) is 11.7. The van der Waals surface area contributed by atoms with Crippen molar-refractivity contribution in [3.63, 3.8) is 0 Å². The second-order valence-corrected chi connectivity index (χ2v) is 13.9. The largest absolute Gasteiger partial charge is 0.225 e. The maximum absolute atomic E-state index is 15.0. The summed E-state index contributed by atoms with van der Waals surface area (Å²) in [5.41, 5.74) is 2.90. The fourth-order valence-electron chi connectivity index (χ4n) is 6.44. The number of unbranched alkanes of at least 4 members (excludes halogenated alkanes) is 1. The lowest BCUT2D eigenvalue weighted by molar-refractivity contribution is 0.382. The first-order valence-corrected chi connectivity index (χ1v) is 16.0. The highest BCUT2D eigenvalue weighted by atomic mass is 31.1. The molecule has 4 aromatic rings. The van der Waals surface area contributed by atoms with Gasteiger partial charge in [-0.2, -0.15) is 0 Å². The third kappa shape index (κ3) is 6.44. The third-order valence-corrected chi connectivity index (χ3v) is 11.4. The van der Waals surface area contributed by atoms with Crippen LogP contribution in [0.2, 0.25) is 6.32 Å². The Balaban J connectivity index is 1.80. The van der Waals surface area contributed by atoms with Crippen LogP contribution in [-0.2, 0) is 0 Å². The van der Waals surface area contributed by atoms with E-state index in [0.717, 1.165) is 44.0 Å². The zero-order valence-electron chi connectivity index (χ0n) is 25.9. The van der Waals surface area contributed by atoms with Crippen LogP contribution in [-0.4, -0.2) is 12.9 Å². The summed E-state index contributed by atoms with van der Waals surface area (Å²) in [7, 11) is -1.09. The molecule has 4 aromatic carbocycles. The van der Waals surface area contributed by atoms with Crippen LogP contribution in [0.15, 0.2) is 24.3 Å². The minimum absolute atomic E-state index is 0.115. The fourth-order valence-corrected chi connectivity index (χ4v) is 9.61. The molecule has 12 heteroatoms. The summed E-state index contributed by atoms with van der Waals surface area (Å²) in [5.74, 6) is -24.3. The molecule has 0 aliphatic heterocycles. The predicted octanol–water partition coefficient (Wildman–Crippen LogP) is 8.45. The summed E-state index contributed by atoms with van der Waals surface area (Å²) in [6.45, 7) is 9.46. The third-order valence-electron chi connectivity index (χ3n) is 8.12. The number of aryl methyl sites for hydroxylation is 6. The van der Waals surface area contributed by atoms with Gasteiger partial charge in [0.2, 0.25) is 6.71 Å². The van der Waals surface area contributed by atoms with Crippen LogP contribution in [0.25, 0.3) is 0 Å². The Morgan fingerprint density at radius 2 is 0.717 bits per heavy atom. The molecule has 0 saturated heterocycles. The van der Waals surface area contributed by atoms with Crippen LogP contribution >= 0.6 is 7.92 Å². The summed E-state index contributed by atoms with van der Waals surface area (Å²) >= 11 is 0. The van der Waals surface area contributed by atoms with Crippen LogP contribution in [0.5, 0.6) is 0 Å². The molecule has 0 fully saturated rings. The van der Waals surface area contributed by atoms with E-state index in [-0.39, 0.29) is 12.8 Å². The van der Waals surface area contributed by atoms with Gasteiger partial charge >= 0.3 is 0 Å². The fraction of sp³-hybridized carbons (Fsp3) is 0.294. The van der Waals surface area contributed by atoms with Crippen LogP contribution in [0.1, 0.15) is 46.2 Å². The molecular formula is C34H30BF10P. The average molecular weight is 670 g/mol. The first kappa shape index (κ1) is 35.5. The van der Waals surface area contributed by atoms with E-state index in [4.69, 9.17) is 0 Å². The summed E-state index contributed by atoms with van der Waals surface area (Å²) in [6, 6.07) is 8.16. The normalized spacial score (nSPS) is 11.6. The van der Waals surface area contributed by atoms with Gasteiger partial charge in [0.25, 0.3) is 0 Å². The van der Waals surface area contributed by atoms with Crippen LogP contribution in [0.3, 0.4) is 0 Å². The zero-order chi connectivity index (χ0) is 34.4. The highest BCUT2D eigenvalue weighted by molar-refractivity contribution is 7.73. The lowest BCUT2D eigenvalue weighted by atomic mass is 9.37. The molecule has 0 aliphatic rings. The van der Waals surface area contributed by atoms with Crippen molar-refractivity contribution in [1.29, 1.82) is 0 Å². The molecule has 0 amide bonds. The first-order valence-electron chi connectivity index (χ1n) is 14.4. The van der Waals surface area contributed by atoms with Gasteiger partial charge in [0.1, 0.15) is 0 Å². The number of rotatable bonds is 9. The zero-order valence-corrected chi connectivity index (χ0v) is 26.8. The lowest BCUT2D eigenvalue weighted by Gasteiger charge is -2.27. The maximum atomic E-state index is 15.0. The molecule has 0 saturated carbocycles. The minimum Gasteiger partial charge on any atom is -0.204 e. The number of halogens is 10. The molecule has 0 aliphatic carbocycles. The van der Waals surface area contributed by atoms with Crippen molar-refractivity contribution in [2.24, 2.45) is 0 Å². The van der Waals surface area contributed by atoms with Gasteiger partial charge in [-0.3, -0.25) is 0 Å². The summed E-state index contributed by atoms with van der Waals surface area (Å²) in [6.07, 6.45) is -0.119. The highest BCUT2D eigenvalue weighted by Crippen LogP contribution is 2.40. The number of hydrogen-bond donors (Lipinski definition) is 0.